The van der Waals surface area contributed by atoms with Crippen LogP contribution < -0.4 is 5.32 Å². The second-order valence-corrected chi connectivity index (χ2v) is 6.28. The molecular weight excluding hydrogens is 490 g/mol. The molecule has 0 spiro atoms. The average molecular weight is 515 g/mol. The third kappa shape index (κ3) is 6.50. The number of esters is 1. The second-order valence-electron chi connectivity index (χ2n) is 6.28. The number of carbonyl (C=O) groups excluding carboxylic acids is 1. The first-order valence-electron chi connectivity index (χ1n) is 8.58. The van der Waals surface area contributed by atoms with Crippen molar-refractivity contribution in [1.29, 1.82) is 0 Å². The van der Waals surface area contributed by atoms with E-state index in [0.717, 1.165) is 12.1 Å². The van der Waals surface area contributed by atoms with Gasteiger partial charge in [0.15, 0.2) is 5.96 Å². The van der Waals surface area contributed by atoms with E-state index < -0.39 is 17.8 Å². The van der Waals surface area contributed by atoms with Gasteiger partial charge in [-0.1, -0.05) is 19.1 Å². The molecule has 1 aliphatic rings. The zero-order valence-corrected chi connectivity index (χ0v) is 18.3. The zero-order valence-electron chi connectivity index (χ0n) is 16.0. The van der Waals surface area contributed by atoms with Crippen molar-refractivity contribution in [3.05, 3.63) is 35.4 Å². The van der Waals surface area contributed by atoms with Gasteiger partial charge in [0.2, 0.25) is 0 Å². The van der Waals surface area contributed by atoms with Crippen molar-refractivity contribution < 1.29 is 27.4 Å². The Labute approximate surface area is 179 Å². The summed E-state index contributed by atoms with van der Waals surface area (Å²) in [6.07, 6.45) is -4.90. The lowest BCUT2D eigenvalue weighted by Crippen LogP contribution is -2.49. The summed E-state index contributed by atoms with van der Waals surface area (Å²) < 4.78 is 49.2. The maximum Gasteiger partial charge on any atom is 0.416 e. The normalized spacial score (nSPS) is 18.9. The third-order valence-electron chi connectivity index (χ3n) is 4.33. The highest BCUT2D eigenvalue weighted by Gasteiger charge is 2.32. The largest absolute Gasteiger partial charge is 0.469 e. The van der Waals surface area contributed by atoms with E-state index in [4.69, 9.17) is 9.47 Å². The molecule has 1 heterocycles. The van der Waals surface area contributed by atoms with Crippen molar-refractivity contribution in [3.63, 3.8) is 0 Å². The van der Waals surface area contributed by atoms with Crippen LogP contribution in [-0.2, 0) is 20.4 Å². The fourth-order valence-electron chi connectivity index (χ4n) is 2.82. The Bertz CT molecular complexity index is 686. The van der Waals surface area contributed by atoms with Crippen molar-refractivity contribution in [2.24, 2.45) is 10.9 Å². The van der Waals surface area contributed by atoms with Crippen molar-refractivity contribution in [2.75, 3.05) is 40.4 Å². The van der Waals surface area contributed by atoms with Crippen LogP contribution in [-0.4, -0.2) is 57.2 Å². The van der Waals surface area contributed by atoms with Gasteiger partial charge in [-0.3, -0.25) is 9.79 Å². The Morgan fingerprint density at radius 1 is 1.46 bits per heavy atom. The minimum atomic E-state index is -4.40. The molecule has 6 nitrogen and oxygen atoms in total. The van der Waals surface area contributed by atoms with Gasteiger partial charge in [-0.25, -0.2) is 0 Å². The molecule has 28 heavy (non-hydrogen) atoms. The molecule has 1 aromatic carbocycles. The number of morpholine rings is 1. The number of rotatable bonds is 4. The first-order valence-corrected chi connectivity index (χ1v) is 8.58. The number of benzene rings is 1. The topological polar surface area (TPSA) is 63.2 Å². The summed E-state index contributed by atoms with van der Waals surface area (Å²) in [5.41, 5.74) is -0.233. The van der Waals surface area contributed by atoms with Gasteiger partial charge in [0.25, 0.3) is 0 Å². The Hall–Kier alpha value is -1.56. The minimum absolute atomic E-state index is 0. The van der Waals surface area contributed by atoms with Gasteiger partial charge in [-0.05, 0) is 17.7 Å². The highest BCUT2D eigenvalue weighted by Crippen LogP contribution is 2.32. The summed E-state index contributed by atoms with van der Waals surface area (Å²) >= 11 is 0. The van der Waals surface area contributed by atoms with E-state index in [1.54, 1.807) is 20.0 Å². The fourth-order valence-corrected chi connectivity index (χ4v) is 2.82. The van der Waals surface area contributed by atoms with Crippen LogP contribution in [0.2, 0.25) is 0 Å². The van der Waals surface area contributed by atoms with Crippen LogP contribution in [0.15, 0.2) is 29.3 Å². The molecule has 0 bridgehead atoms. The van der Waals surface area contributed by atoms with E-state index >= 15 is 0 Å². The summed E-state index contributed by atoms with van der Waals surface area (Å²) in [5, 5.41) is 3.10. The van der Waals surface area contributed by atoms with Crippen LogP contribution in [0.1, 0.15) is 24.2 Å². The summed E-state index contributed by atoms with van der Waals surface area (Å²) in [6.45, 7) is 3.32. The first-order chi connectivity index (χ1) is 12.8. The van der Waals surface area contributed by atoms with Crippen LogP contribution >= 0.6 is 24.0 Å². The number of ether oxygens (including phenoxy) is 2. The molecule has 1 N–H and O–H groups in total. The molecule has 1 fully saturated rings. The van der Waals surface area contributed by atoms with Crippen LogP contribution in [0.4, 0.5) is 13.2 Å². The maximum atomic E-state index is 12.9. The Balaban J connectivity index is 0.00000392. The van der Waals surface area contributed by atoms with Gasteiger partial charge in [-0.2, -0.15) is 13.2 Å². The number of methoxy groups -OCH3 is 1. The first kappa shape index (κ1) is 24.5. The molecule has 0 radical (unpaired) electrons. The lowest BCUT2D eigenvalue weighted by Gasteiger charge is -2.35. The van der Waals surface area contributed by atoms with Gasteiger partial charge in [0.1, 0.15) is 6.10 Å². The van der Waals surface area contributed by atoms with Gasteiger partial charge in [0, 0.05) is 20.1 Å². The predicted octanol–water partition coefficient (Wildman–Crippen LogP) is 3.08. The van der Waals surface area contributed by atoms with Crippen molar-refractivity contribution in [1.82, 2.24) is 10.2 Å². The molecule has 1 saturated heterocycles. The van der Waals surface area contributed by atoms with Crippen LogP contribution in [0.5, 0.6) is 0 Å². The quantitative estimate of drug-likeness (QED) is 0.289. The SMILES string of the molecule is CN=C(NCC(C)C(=O)OC)N1CCOC(c2cccc(C(F)(F)F)c2)C1.I. The molecule has 0 saturated carbocycles. The van der Waals surface area contributed by atoms with E-state index in [0.29, 0.717) is 37.8 Å². The van der Waals surface area contributed by atoms with Gasteiger partial charge < -0.3 is 19.7 Å². The number of alkyl halides is 3. The zero-order chi connectivity index (χ0) is 20.0. The molecule has 0 amide bonds. The van der Waals surface area contributed by atoms with E-state index in [-0.39, 0.29) is 35.9 Å². The fraction of sp³-hybridized carbons (Fsp3) is 0.556. The molecule has 10 heteroatoms. The van der Waals surface area contributed by atoms with Crippen LogP contribution in [0, 0.1) is 5.92 Å². The van der Waals surface area contributed by atoms with Crippen LogP contribution in [0.3, 0.4) is 0 Å². The molecule has 2 atom stereocenters. The van der Waals surface area contributed by atoms with E-state index in [1.165, 1.54) is 13.2 Å². The Kier molecular flexibility index (Phi) is 9.48. The standard InChI is InChI=1S/C18H24F3N3O3.HI/c1-12(16(25)26-3)10-23-17(22-2)24-7-8-27-15(11-24)13-5-4-6-14(9-13)18(19,20)21;/h4-6,9,12,15H,7-8,10-11H2,1-3H3,(H,22,23);1H. The molecule has 1 aliphatic heterocycles. The van der Waals surface area contributed by atoms with Crippen LogP contribution in [0.25, 0.3) is 0 Å². The molecular formula is C18H25F3IN3O3. The molecule has 158 valence electrons. The summed E-state index contributed by atoms with van der Waals surface area (Å²) in [5.74, 6) is -0.125. The predicted molar refractivity (Wildman–Crippen MR) is 110 cm³/mol. The Morgan fingerprint density at radius 2 is 2.18 bits per heavy atom. The number of nitrogens with one attached hydrogen (secondary N) is 1. The lowest BCUT2D eigenvalue weighted by molar-refractivity contribution is -0.144. The van der Waals surface area contributed by atoms with Crippen molar-refractivity contribution >= 4 is 35.9 Å². The number of aliphatic imine (C=N–C) groups is 1. The van der Waals surface area contributed by atoms with Crippen molar-refractivity contribution in [2.45, 2.75) is 19.2 Å². The highest BCUT2D eigenvalue weighted by molar-refractivity contribution is 14.0. The van der Waals surface area contributed by atoms with Gasteiger partial charge in [-0.15, -0.1) is 24.0 Å². The minimum Gasteiger partial charge on any atom is -0.469 e. The van der Waals surface area contributed by atoms with Crippen molar-refractivity contribution in [3.8, 4) is 0 Å². The van der Waals surface area contributed by atoms with E-state index in [1.807, 2.05) is 4.90 Å². The average Bonchev–Trinajstić information content (AvgIpc) is 2.67. The molecule has 0 aromatic heterocycles. The molecule has 1 aromatic rings. The number of hydrogen-bond donors (Lipinski definition) is 1. The second kappa shape index (κ2) is 10.8. The summed E-state index contributed by atoms with van der Waals surface area (Å²) in [7, 11) is 2.94. The summed E-state index contributed by atoms with van der Waals surface area (Å²) in [4.78, 5) is 17.6. The molecule has 2 unspecified atom stereocenters. The summed E-state index contributed by atoms with van der Waals surface area (Å²) in [6, 6.07) is 5.16. The molecule has 2 rings (SSSR count). The van der Waals surface area contributed by atoms with Gasteiger partial charge in [0.05, 0.1) is 31.7 Å². The van der Waals surface area contributed by atoms with E-state index in [9.17, 15) is 18.0 Å². The number of nitrogens with zero attached hydrogens (tertiary/aromatic N) is 2. The number of guanidine groups is 1. The molecule has 0 aliphatic carbocycles. The maximum absolute atomic E-state index is 12.9. The lowest BCUT2D eigenvalue weighted by atomic mass is 10.0. The number of carbonyl (C=O) groups is 1. The monoisotopic (exact) mass is 515 g/mol. The third-order valence-corrected chi connectivity index (χ3v) is 4.33. The highest BCUT2D eigenvalue weighted by atomic mass is 127. The smallest absolute Gasteiger partial charge is 0.416 e. The number of hydrogen-bond acceptors (Lipinski definition) is 4. The van der Waals surface area contributed by atoms with Gasteiger partial charge >= 0.3 is 12.1 Å². The van der Waals surface area contributed by atoms with E-state index in [2.05, 4.69) is 10.3 Å². The number of halogens is 4. The Morgan fingerprint density at radius 3 is 2.79 bits per heavy atom.